The van der Waals surface area contributed by atoms with Crippen molar-refractivity contribution in [3.05, 3.63) is 59.2 Å². The van der Waals surface area contributed by atoms with Gasteiger partial charge in [0.1, 0.15) is 5.75 Å². The lowest BCUT2D eigenvalue weighted by molar-refractivity contribution is 0.415. The maximum absolute atomic E-state index is 5.46. The average molecular weight is 328 g/mol. The molecule has 23 heavy (non-hydrogen) atoms. The van der Waals surface area contributed by atoms with Crippen molar-refractivity contribution in [1.29, 1.82) is 0 Å². The number of methoxy groups -OCH3 is 1. The van der Waals surface area contributed by atoms with Crippen molar-refractivity contribution in [2.75, 3.05) is 12.4 Å². The Bertz CT molecular complexity index is 668. The molecule has 122 valence electrons. The highest BCUT2D eigenvalue weighted by Gasteiger charge is 2.13. The fraction of sp³-hybridized carbons (Fsp3) is 0.316. The van der Waals surface area contributed by atoms with Crippen LogP contribution in [0, 0.1) is 13.8 Å². The van der Waals surface area contributed by atoms with Gasteiger partial charge in [0, 0.05) is 5.69 Å². The zero-order valence-corrected chi connectivity index (χ0v) is 15.0. The summed E-state index contributed by atoms with van der Waals surface area (Å²) in [6.45, 7) is 6.42. The first kappa shape index (κ1) is 17.3. The van der Waals surface area contributed by atoms with E-state index in [9.17, 15) is 0 Å². The van der Waals surface area contributed by atoms with Crippen LogP contribution >= 0.6 is 12.2 Å². The van der Waals surface area contributed by atoms with Crippen LogP contribution in [-0.2, 0) is 0 Å². The topological polar surface area (TPSA) is 33.3 Å². The molecule has 3 nitrogen and oxygen atoms in total. The summed E-state index contributed by atoms with van der Waals surface area (Å²) in [7, 11) is 1.66. The minimum absolute atomic E-state index is 0.203. The molecule has 0 fully saturated rings. The molecule has 0 heterocycles. The molecule has 0 aromatic heterocycles. The second-order valence-electron chi connectivity index (χ2n) is 5.65. The summed E-state index contributed by atoms with van der Waals surface area (Å²) < 4.78 is 5.16. The maximum atomic E-state index is 5.46. The number of benzene rings is 2. The lowest BCUT2D eigenvalue weighted by Crippen LogP contribution is -2.32. The summed E-state index contributed by atoms with van der Waals surface area (Å²) in [6.07, 6.45) is 0.967. The second kappa shape index (κ2) is 7.97. The van der Waals surface area contributed by atoms with Gasteiger partial charge in [-0.15, -0.1) is 0 Å². The van der Waals surface area contributed by atoms with E-state index in [4.69, 9.17) is 17.0 Å². The Hall–Kier alpha value is -2.07. The predicted octanol–water partition coefficient (Wildman–Crippen LogP) is 4.75. The van der Waals surface area contributed by atoms with Crippen LogP contribution in [0.1, 0.15) is 36.1 Å². The fourth-order valence-electron chi connectivity index (χ4n) is 2.62. The van der Waals surface area contributed by atoms with Crippen LogP contribution in [0.2, 0.25) is 0 Å². The van der Waals surface area contributed by atoms with Gasteiger partial charge in [0.2, 0.25) is 0 Å². The van der Waals surface area contributed by atoms with Gasteiger partial charge in [-0.2, -0.15) is 0 Å². The number of ether oxygens (including phenoxy) is 1. The van der Waals surface area contributed by atoms with E-state index in [2.05, 4.69) is 49.6 Å². The number of hydrogen-bond donors (Lipinski definition) is 2. The minimum Gasteiger partial charge on any atom is -0.497 e. The van der Waals surface area contributed by atoms with E-state index in [-0.39, 0.29) is 6.04 Å². The molecule has 0 aliphatic heterocycles. The molecule has 0 unspecified atom stereocenters. The molecule has 0 bridgehead atoms. The van der Waals surface area contributed by atoms with Crippen LogP contribution in [0.4, 0.5) is 5.69 Å². The first-order chi connectivity index (χ1) is 11.0. The van der Waals surface area contributed by atoms with Crippen LogP contribution < -0.4 is 15.4 Å². The van der Waals surface area contributed by atoms with Crippen LogP contribution in [0.5, 0.6) is 5.75 Å². The third-order valence-electron chi connectivity index (χ3n) is 3.86. The smallest absolute Gasteiger partial charge is 0.171 e. The quantitative estimate of drug-likeness (QED) is 0.776. The number of nitrogens with one attached hydrogen (secondary N) is 2. The Kier molecular flexibility index (Phi) is 5.99. The molecule has 1 atom stereocenters. The summed E-state index contributed by atoms with van der Waals surface area (Å²) in [6, 6.07) is 14.5. The normalized spacial score (nSPS) is 11.7. The molecular weight excluding hydrogens is 304 g/mol. The minimum atomic E-state index is 0.203. The van der Waals surface area contributed by atoms with Crippen molar-refractivity contribution in [3.63, 3.8) is 0 Å². The van der Waals surface area contributed by atoms with Crippen molar-refractivity contribution in [3.8, 4) is 5.75 Å². The van der Waals surface area contributed by atoms with Crippen LogP contribution in [0.15, 0.2) is 42.5 Å². The molecule has 0 spiro atoms. The molecular formula is C19H24N2OS. The van der Waals surface area contributed by atoms with Gasteiger partial charge in [-0.25, -0.2) is 0 Å². The van der Waals surface area contributed by atoms with E-state index in [1.54, 1.807) is 7.11 Å². The number of hydrogen-bond acceptors (Lipinski definition) is 2. The molecule has 0 amide bonds. The zero-order valence-electron chi connectivity index (χ0n) is 14.1. The van der Waals surface area contributed by atoms with E-state index >= 15 is 0 Å². The largest absolute Gasteiger partial charge is 0.497 e. The Balaban J connectivity index is 2.04. The van der Waals surface area contributed by atoms with Gasteiger partial charge >= 0.3 is 0 Å². The SMILES string of the molecule is CC[C@H](NC(=S)Nc1ccc(OC)cc1)c1ccc(C)cc1C. The van der Waals surface area contributed by atoms with E-state index < -0.39 is 0 Å². The predicted molar refractivity (Wildman–Crippen MR) is 101 cm³/mol. The van der Waals surface area contributed by atoms with Crippen LogP contribution in [-0.4, -0.2) is 12.2 Å². The van der Waals surface area contributed by atoms with E-state index in [0.717, 1.165) is 17.9 Å². The van der Waals surface area contributed by atoms with E-state index in [0.29, 0.717) is 5.11 Å². The van der Waals surface area contributed by atoms with Gasteiger partial charge in [0.05, 0.1) is 13.2 Å². The summed E-state index contributed by atoms with van der Waals surface area (Å²) in [4.78, 5) is 0. The molecule has 2 rings (SSSR count). The highest BCUT2D eigenvalue weighted by Crippen LogP contribution is 2.22. The van der Waals surface area contributed by atoms with Gasteiger partial charge < -0.3 is 15.4 Å². The van der Waals surface area contributed by atoms with Gasteiger partial charge in [-0.3, -0.25) is 0 Å². The Morgan fingerprint density at radius 3 is 2.39 bits per heavy atom. The van der Waals surface area contributed by atoms with Crippen LogP contribution in [0.25, 0.3) is 0 Å². The van der Waals surface area contributed by atoms with Crippen molar-refractivity contribution >= 4 is 23.0 Å². The highest BCUT2D eigenvalue weighted by molar-refractivity contribution is 7.80. The first-order valence-electron chi connectivity index (χ1n) is 7.82. The highest BCUT2D eigenvalue weighted by atomic mass is 32.1. The number of aryl methyl sites for hydroxylation is 2. The molecule has 0 aliphatic carbocycles. The summed E-state index contributed by atoms with van der Waals surface area (Å²) in [5.41, 5.74) is 4.80. The fourth-order valence-corrected chi connectivity index (χ4v) is 2.88. The third kappa shape index (κ3) is 4.70. The second-order valence-corrected chi connectivity index (χ2v) is 6.06. The molecule has 4 heteroatoms. The maximum Gasteiger partial charge on any atom is 0.171 e. The van der Waals surface area contributed by atoms with Gasteiger partial charge in [0.25, 0.3) is 0 Å². The molecule has 0 saturated heterocycles. The number of thiocarbonyl (C=S) groups is 1. The lowest BCUT2D eigenvalue weighted by atomic mass is 9.98. The molecule has 0 aliphatic rings. The monoisotopic (exact) mass is 328 g/mol. The molecule has 0 radical (unpaired) electrons. The lowest BCUT2D eigenvalue weighted by Gasteiger charge is -2.22. The van der Waals surface area contributed by atoms with Crippen molar-refractivity contribution in [2.45, 2.75) is 33.2 Å². The number of anilines is 1. The molecule has 2 aromatic carbocycles. The van der Waals surface area contributed by atoms with Gasteiger partial charge in [-0.1, -0.05) is 30.7 Å². The van der Waals surface area contributed by atoms with Crippen molar-refractivity contribution in [1.82, 2.24) is 5.32 Å². The Labute approximate surface area is 144 Å². The standard InChI is InChI=1S/C19H24N2OS/c1-5-18(17-11-6-13(2)12-14(17)3)21-19(23)20-15-7-9-16(22-4)10-8-15/h6-12,18H,5H2,1-4H3,(H2,20,21,23)/t18-/m0/s1. The number of rotatable bonds is 5. The average Bonchev–Trinajstić information content (AvgIpc) is 2.54. The Morgan fingerprint density at radius 1 is 1.13 bits per heavy atom. The van der Waals surface area contributed by atoms with E-state index in [1.165, 1.54) is 16.7 Å². The van der Waals surface area contributed by atoms with Crippen molar-refractivity contribution in [2.24, 2.45) is 0 Å². The van der Waals surface area contributed by atoms with Crippen LogP contribution in [0.3, 0.4) is 0 Å². The van der Waals surface area contributed by atoms with Crippen molar-refractivity contribution < 1.29 is 4.74 Å². The van der Waals surface area contributed by atoms with Gasteiger partial charge in [-0.05, 0) is 67.9 Å². The summed E-state index contributed by atoms with van der Waals surface area (Å²) in [5.74, 6) is 0.830. The molecule has 0 saturated carbocycles. The van der Waals surface area contributed by atoms with E-state index in [1.807, 2.05) is 24.3 Å². The molecule has 2 aromatic rings. The summed E-state index contributed by atoms with van der Waals surface area (Å²) in [5, 5.41) is 7.26. The summed E-state index contributed by atoms with van der Waals surface area (Å²) >= 11 is 5.46. The first-order valence-corrected chi connectivity index (χ1v) is 8.23. The van der Waals surface area contributed by atoms with Gasteiger partial charge in [0.15, 0.2) is 5.11 Å². The zero-order chi connectivity index (χ0) is 16.8. The molecule has 2 N–H and O–H groups in total. The third-order valence-corrected chi connectivity index (χ3v) is 4.08. The Morgan fingerprint density at radius 2 is 1.83 bits per heavy atom.